The number of amides is 2. The van der Waals surface area contributed by atoms with Gasteiger partial charge in [0.1, 0.15) is 23.9 Å². The number of hydrogen-bond donors (Lipinski definition) is 0. The third-order valence-corrected chi connectivity index (χ3v) is 7.43. The number of carbonyl (C=O) groups is 2. The highest BCUT2D eigenvalue weighted by Gasteiger charge is 2.36. The summed E-state index contributed by atoms with van der Waals surface area (Å²) in [5, 5.41) is 0. The summed E-state index contributed by atoms with van der Waals surface area (Å²) in [6.07, 6.45) is -0.740. The summed E-state index contributed by atoms with van der Waals surface area (Å²) in [6, 6.07) is 9.74. The SMILES string of the molecule is CC1Oc2ccccc2N(CC(=O)N2CCN(S(=O)(=O)c3c(F)cccc3F)CC2)C1=O. The van der Waals surface area contributed by atoms with Crippen molar-refractivity contribution in [1.82, 2.24) is 9.21 Å². The van der Waals surface area contributed by atoms with Crippen LogP contribution in [0, 0.1) is 11.6 Å². The Balaban J connectivity index is 1.45. The number of nitrogens with zero attached hydrogens (tertiary/aromatic N) is 3. The number of hydrogen-bond acceptors (Lipinski definition) is 5. The minimum absolute atomic E-state index is 0.0316. The van der Waals surface area contributed by atoms with Crippen LogP contribution in [0.3, 0.4) is 0 Å². The lowest BCUT2D eigenvalue weighted by Gasteiger charge is -2.37. The number of fused-ring (bicyclic) bond motifs is 1. The summed E-state index contributed by atoms with van der Waals surface area (Å²) in [5.41, 5.74) is 0.486. The lowest BCUT2D eigenvalue weighted by atomic mass is 10.2. The van der Waals surface area contributed by atoms with Crippen LogP contribution in [0.5, 0.6) is 5.75 Å². The fourth-order valence-electron chi connectivity index (χ4n) is 3.79. The molecule has 0 spiro atoms. The van der Waals surface area contributed by atoms with Crippen LogP contribution in [0.2, 0.25) is 0 Å². The molecule has 0 N–H and O–H groups in total. The molecule has 4 rings (SSSR count). The minimum Gasteiger partial charge on any atom is -0.479 e. The number of ether oxygens (including phenoxy) is 1. The molecular weight excluding hydrogens is 444 g/mol. The second-order valence-electron chi connectivity index (χ2n) is 7.49. The molecule has 8 nitrogen and oxygen atoms in total. The van der Waals surface area contributed by atoms with Crippen molar-refractivity contribution in [3.63, 3.8) is 0 Å². The maximum Gasteiger partial charge on any atom is 0.268 e. The average Bonchev–Trinajstić information content (AvgIpc) is 2.76. The number of halogens is 2. The summed E-state index contributed by atoms with van der Waals surface area (Å²) in [4.78, 5) is 27.2. The summed E-state index contributed by atoms with van der Waals surface area (Å²) in [5.74, 6) is -2.55. The molecular formula is C21H21F2N3O5S. The molecule has 0 aliphatic carbocycles. The van der Waals surface area contributed by atoms with Gasteiger partial charge < -0.3 is 9.64 Å². The summed E-state index contributed by atoms with van der Waals surface area (Å²) in [7, 11) is -4.39. The number of anilines is 1. The summed E-state index contributed by atoms with van der Waals surface area (Å²) >= 11 is 0. The largest absolute Gasteiger partial charge is 0.479 e. The highest BCUT2D eigenvalue weighted by atomic mass is 32.2. The molecule has 0 aromatic heterocycles. The Morgan fingerprint density at radius 3 is 2.31 bits per heavy atom. The standard InChI is InChI=1S/C21H21F2N3O5S/c1-14-21(28)26(17-7-2-3-8-18(17)31-14)13-19(27)24-9-11-25(12-10-24)32(29,30)20-15(22)5-4-6-16(20)23/h2-8,14H,9-13H2,1H3. The highest BCUT2D eigenvalue weighted by Crippen LogP contribution is 2.33. The first-order chi connectivity index (χ1) is 15.2. The van der Waals surface area contributed by atoms with E-state index in [0.717, 1.165) is 22.5 Å². The van der Waals surface area contributed by atoms with E-state index in [0.29, 0.717) is 11.4 Å². The van der Waals surface area contributed by atoms with E-state index in [9.17, 15) is 26.8 Å². The highest BCUT2D eigenvalue weighted by molar-refractivity contribution is 7.89. The second-order valence-corrected chi connectivity index (χ2v) is 9.36. The molecule has 170 valence electrons. The van der Waals surface area contributed by atoms with Crippen molar-refractivity contribution in [3.05, 3.63) is 54.1 Å². The van der Waals surface area contributed by atoms with Gasteiger partial charge in [0.15, 0.2) is 11.0 Å². The summed E-state index contributed by atoms with van der Waals surface area (Å²) < 4.78 is 59.9. The van der Waals surface area contributed by atoms with Crippen molar-refractivity contribution in [2.75, 3.05) is 37.6 Å². The van der Waals surface area contributed by atoms with Gasteiger partial charge in [0, 0.05) is 26.2 Å². The van der Waals surface area contributed by atoms with Gasteiger partial charge in [-0.1, -0.05) is 18.2 Å². The molecule has 32 heavy (non-hydrogen) atoms. The van der Waals surface area contributed by atoms with Crippen LogP contribution in [0.25, 0.3) is 0 Å². The second kappa shape index (κ2) is 8.47. The molecule has 1 atom stereocenters. The number of carbonyl (C=O) groups excluding carboxylic acids is 2. The molecule has 2 aromatic carbocycles. The Labute approximate surface area is 184 Å². The molecule has 2 aliphatic rings. The van der Waals surface area contributed by atoms with Crippen molar-refractivity contribution < 1.29 is 31.5 Å². The molecule has 2 heterocycles. The van der Waals surface area contributed by atoms with Crippen LogP contribution in [-0.4, -0.2) is 68.3 Å². The number of rotatable bonds is 4. The van der Waals surface area contributed by atoms with Crippen molar-refractivity contribution in [3.8, 4) is 5.75 Å². The minimum atomic E-state index is -4.39. The van der Waals surface area contributed by atoms with Crippen LogP contribution < -0.4 is 9.64 Å². The fraction of sp³-hybridized carbons (Fsp3) is 0.333. The molecule has 1 saturated heterocycles. The quantitative estimate of drug-likeness (QED) is 0.685. The Morgan fingerprint density at radius 2 is 1.66 bits per heavy atom. The van der Waals surface area contributed by atoms with Gasteiger partial charge in [-0.25, -0.2) is 17.2 Å². The molecule has 2 amide bonds. The third kappa shape index (κ3) is 3.93. The molecule has 1 unspecified atom stereocenters. The van der Waals surface area contributed by atoms with Crippen molar-refractivity contribution in [2.24, 2.45) is 0 Å². The number of benzene rings is 2. The van der Waals surface area contributed by atoms with Crippen LogP contribution in [0.4, 0.5) is 14.5 Å². The monoisotopic (exact) mass is 465 g/mol. The van der Waals surface area contributed by atoms with Gasteiger partial charge in [0.05, 0.1) is 5.69 Å². The first-order valence-electron chi connectivity index (χ1n) is 9.99. The van der Waals surface area contributed by atoms with E-state index >= 15 is 0 Å². The van der Waals surface area contributed by atoms with Crippen LogP contribution in [0.15, 0.2) is 47.4 Å². The molecule has 1 fully saturated rings. The topological polar surface area (TPSA) is 87.2 Å². The van der Waals surface area contributed by atoms with E-state index in [-0.39, 0.29) is 44.5 Å². The number of piperazine rings is 1. The lowest BCUT2D eigenvalue weighted by molar-refractivity contribution is -0.134. The van der Waals surface area contributed by atoms with E-state index in [1.807, 2.05) is 0 Å². The Bertz CT molecular complexity index is 1150. The third-order valence-electron chi connectivity index (χ3n) is 5.48. The Hall–Kier alpha value is -3.05. The lowest BCUT2D eigenvalue weighted by Crippen LogP contribution is -2.54. The predicted octanol–water partition coefficient (Wildman–Crippen LogP) is 1.61. The van der Waals surface area contributed by atoms with Gasteiger partial charge in [-0.05, 0) is 31.2 Å². The van der Waals surface area contributed by atoms with Crippen LogP contribution >= 0.6 is 0 Å². The van der Waals surface area contributed by atoms with Crippen molar-refractivity contribution in [2.45, 2.75) is 17.9 Å². The van der Waals surface area contributed by atoms with Gasteiger partial charge in [-0.15, -0.1) is 0 Å². The first-order valence-corrected chi connectivity index (χ1v) is 11.4. The van der Waals surface area contributed by atoms with Crippen molar-refractivity contribution >= 4 is 27.5 Å². The normalized spacial score (nSPS) is 19.5. The molecule has 2 aromatic rings. The smallest absolute Gasteiger partial charge is 0.268 e. The molecule has 2 aliphatic heterocycles. The van der Waals surface area contributed by atoms with E-state index in [1.165, 1.54) is 9.80 Å². The maximum atomic E-state index is 14.0. The summed E-state index contributed by atoms with van der Waals surface area (Å²) in [6.45, 7) is 1.20. The van der Waals surface area contributed by atoms with E-state index in [2.05, 4.69) is 0 Å². The zero-order valence-corrected chi connectivity index (χ0v) is 18.0. The Kier molecular flexibility index (Phi) is 5.87. The zero-order chi connectivity index (χ0) is 23.0. The van der Waals surface area contributed by atoms with E-state index in [1.54, 1.807) is 31.2 Å². The molecule has 11 heteroatoms. The van der Waals surface area contributed by atoms with Gasteiger partial charge in [-0.3, -0.25) is 14.5 Å². The van der Waals surface area contributed by atoms with Gasteiger partial charge in [0.25, 0.3) is 5.91 Å². The van der Waals surface area contributed by atoms with Crippen molar-refractivity contribution in [1.29, 1.82) is 0 Å². The molecule has 0 radical (unpaired) electrons. The zero-order valence-electron chi connectivity index (χ0n) is 17.2. The number of para-hydroxylation sites is 2. The number of sulfonamides is 1. The van der Waals surface area contributed by atoms with Crippen LogP contribution in [0.1, 0.15) is 6.92 Å². The van der Waals surface area contributed by atoms with Gasteiger partial charge in [0.2, 0.25) is 15.9 Å². The van der Waals surface area contributed by atoms with E-state index < -0.39 is 32.7 Å². The average molecular weight is 465 g/mol. The molecule has 0 saturated carbocycles. The van der Waals surface area contributed by atoms with Crippen LogP contribution in [-0.2, 0) is 19.6 Å². The Morgan fingerprint density at radius 1 is 1.03 bits per heavy atom. The van der Waals surface area contributed by atoms with Gasteiger partial charge >= 0.3 is 0 Å². The molecule has 0 bridgehead atoms. The maximum absolute atomic E-state index is 14.0. The van der Waals surface area contributed by atoms with Gasteiger partial charge in [-0.2, -0.15) is 4.31 Å². The first kappa shape index (κ1) is 22.2. The fourth-order valence-corrected chi connectivity index (χ4v) is 5.32. The van der Waals surface area contributed by atoms with E-state index in [4.69, 9.17) is 4.74 Å². The predicted molar refractivity (Wildman–Crippen MR) is 111 cm³/mol.